The zero-order valence-corrected chi connectivity index (χ0v) is 11.0. The standard InChI is InChI=1S/C15H23NO/c1-12-3-4-13(2)15(9-12)11-16-10-14-5-7-17-8-6-14/h3-4,9,14,16H,5-8,10-11H2,1-2H3. The van der Waals surface area contributed by atoms with Gasteiger partial charge in [0, 0.05) is 19.8 Å². The molecule has 1 N–H and O–H groups in total. The van der Waals surface area contributed by atoms with Crippen molar-refractivity contribution in [3.63, 3.8) is 0 Å². The highest BCUT2D eigenvalue weighted by molar-refractivity contribution is 5.30. The third-order valence-electron chi connectivity index (χ3n) is 3.59. The average Bonchev–Trinajstić information content (AvgIpc) is 2.35. The molecule has 0 unspecified atom stereocenters. The fraction of sp³-hybridized carbons (Fsp3) is 0.600. The molecule has 1 fully saturated rings. The Bertz CT molecular complexity index is 356. The van der Waals surface area contributed by atoms with E-state index in [1.807, 2.05) is 0 Å². The molecule has 2 heteroatoms. The Balaban J connectivity index is 1.79. The van der Waals surface area contributed by atoms with Gasteiger partial charge in [-0.25, -0.2) is 0 Å². The Kier molecular flexibility index (Phi) is 4.57. The van der Waals surface area contributed by atoms with Crippen molar-refractivity contribution in [1.29, 1.82) is 0 Å². The summed E-state index contributed by atoms with van der Waals surface area (Å²) in [5.41, 5.74) is 4.16. The number of aryl methyl sites for hydroxylation is 2. The first-order valence-electron chi connectivity index (χ1n) is 6.60. The molecule has 94 valence electrons. The Morgan fingerprint density at radius 3 is 2.76 bits per heavy atom. The molecule has 1 aromatic carbocycles. The number of hydrogen-bond donors (Lipinski definition) is 1. The zero-order chi connectivity index (χ0) is 12.1. The number of benzene rings is 1. The van der Waals surface area contributed by atoms with E-state index in [1.54, 1.807) is 0 Å². The molecule has 0 saturated carbocycles. The van der Waals surface area contributed by atoms with Crippen LogP contribution in [0.4, 0.5) is 0 Å². The lowest BCUT2D eigenvalue weighted by molar-refractivity contribution is 0.0662. The predicted molar refractivity (Wildman–Crippen MR) is 71.2 cm³/mol. The van der Waals surface area contributed by atoms with Crippen molar-refractivity contribution in [2.75, 3.05) is 19.8 Å². The molecule has 0 spiro atoms. The van der Waals surface area contributed by atoms with Gasteiger partial charge in [-0.05, 0) is 50.3 Å². The van der Waals surface area contributed by atoms with Gasteiger partial charge in [-0.1, -0.05) is 23.8 Å². The van der Waals surface area contributed by atoms with Crippen molar-refractivity contribution in [3.05, 3.63) is 34.9 Å². The monoisotopic (exact) mass is 233 g/mol. The zero-order valence-electron chi connectivity index (χ0n) is 11.0. The maximum atomic E-state index is 5.37. The summed E-state index contributed by atoms with van der Waals surface area (Å²) >= 11 is 0. The van der Waals surface area contributed by atoms with Crippen molar-refractivity contribution < 1.29 is 4.74 Å². The average molecular weight is 233 g/mol. The molecule has 2 nitrogen and oxygen atoms in total. The van der Waals surface area contributed by atoms with E-state index in [2.05, 4.69) is 37.4 Å². The number of ether oxygens (including phenoxy) is 1. The van der Waals surface area contributed by atoms with Crippen molar-refractivity contribution in [1.82, 2.24) is 5.32 Å². The van der Waals surface area contributed by atoms with Gasteiger partial charge in [0.1, 0.15) is 0 Å². The van der Waals surface area contributed by atoms with Crippen LogP contribution in [0.15, 0.2) is 18.2 Å². The SMILES string of the molecule is Cc1ccc(C)c(CNCC2CCOCC2)c1. The minimum Gasteiger partial charge on any atom is -0.381 e. The Labute approximate surface area is 104 Å². The number of nitrogens with one attached hydrogen (secondary N) is 1. The van der Waals surface area contributed by atoms with Gasteiger partial charge >= 0.3 is 0 Å². The molecular formula is C15H23NO. The Hall–Kier alpha value is -0.860. The molecule has 1 heterocycles. The summed E-state index contributed by atoms with van der Waals surface area (Å²) in [5, 5.41) is 3.58. The molecule has 0 amide bonds. The lowest BCUT2D eigenvalue weighted by Crippen LogP contribution is -2.27. The van der Waals surface area contributed by atoms with E-state index in [1.165, 1.54) is 29.5 Å². The van der Waals surface area contributed by atoms with Gasteiger partial charge in [0.15, 0.2) is 0 Å². The predicted octanol–water partition coefficient (Wildman–Crippen LogP) is 2.82. The minimum atomic E-state index is 0.800. The van der Waals surface area contributed by atoms with E-state index in [4.69, 9.17) is 4.74 Å². The largest absolute Gasteiger partial charge is 0.381 e. The van der Waals surface area contributed by atoms with Crippen LogP contribution in [-0.4, -0.2) is 19.8 Å². The third kappa shape index (κ3) is 3.83. The molecule has 0 aromatic heterocycles. The van der Waals surface area contributed by atoms with Crippen molar-refractivity contribution >= 4 is 0 Å². The Morgan fingerprint density at radius 2 is 2.00 bits per heavy atom. The molecule has 2 rings (SSSR count). The Morgan fingerprint density at radius 1 is 1.24 bits per heavy atom. The fourth-order valence-electron chi connectivity index (χ4n) is 2.35. The molecular weight excluding hydrogens is 210 g/mol. The molecule has 1 saturated heterocycles. The summed E-state index contributed by atoms with van der Waals surface area (Å²) in [5.74, 6) is 0.800. The summed E-state index contributed by atoms with van der Waals surface area (Å²) in [7, 11) is 0. The molecule has 0 bridgehead atoms. The summed E-state index contributed by atoms with van der Waals surface area (Å²) < 4.78 is 5.37. The summed E-state index contributed by atoms with van der Waals surface area (Å²) in [6, 6.07) is 6.67. The van der Waals surface area contributed by atoms with Crippen LogP contribution in [0.5, 0.6) is 0 Å². The second-order valence-corrected chi connectivity index (χ2v) is 5.12. The highest BCUT2D eigenvalue weighted by Crippen LogP contribution is 2.14. The van der Waals surface area contributed by atoms with Gasteiger partial charge in [0.25, 0.3) is 0 Å². The van der Waals surface area contributed by atoms with Crippen LogP contribution in [0.3, 0.4) is 0 Å². The fourth-order valence-corrected chi connectivity index (χ4v) is 2.35. The normalized spacial score (nSPS) is 17.3. The van der Waals surface area contributed by atoms with Gasteiger partial charge in [0.05, 0.1) is 0 Å². The van der Waals surface area contributed by atoms with Gasteiger partial charge in [-0.3, -0.25) is 0 Å². The highest BCUT2D eigenvalue weighted by Gasteiger charge is 2.12. The van der Waals surface area contributed by atoms with Crippen LogP contribution in [0.1, 0.15) is 29.5 Å². The lowest BCUT2D eigenvalue weighted by Gasteiger charge is -2.22. The maximum Gasteiger partial charge on any atom is 0.0469 e. The topological polar surface area (TPSA) is 21.3 Å². The van der Waals surface area contributed by atoms with E-state index in [0.717, 1.165) is 32.2 Å². The number of hydrogen-bond acceptors (Lipinski definition) is 2. The number of rotatable bonds is 4. The first-order valence-corrected chi connectivity index (χ1v) is 6.60. The van der Waals surface area contributed by atoms with Crippen molar-refractivity contribution in [2.24, 2.45) is 5.92 Å². The summed E-state index contributed by atoms with van der Waals surface area (Å²) in [6.07, 6.45) is 2.42. The van der Waals surface area contributed by atoms with E-state index in [-0.39, 0.29) is 0 Å². The van der Waals surface area contributed by atoms with E-state index in [0.29, 0.717) is 0 Å². The van der Waals surface area contributed by atoms with Crippen molar-refractivity contribution in [3.8, 4) is 0 Å². The molecule has 17 heavy (non-hydrogen) atoms. The van der Waals surface area contributed by atoms with Crippen LogP contribution in [0.25, 0.3) is 0 Å². The second kappa shape index (κ2) is 6.18. The van der Waals surface area contributed by atoms with E-state index in [9.17, 15) is 0 Å². The smallest absolute Gasteiger partial charge is 0.0469 e. The van der Waals surface area contributed by atoms with Crippen LogP contribution in [0.2, 0.25) is 0 Å². The quantitative estimate of drug-likeness (QED) is 0.863. The van der Waals surface area contributed by atoms with Crippen LogP contribution < -0.4 is 5.32 Å². The molecule has 0 atom stereocenters. The van der Waals surface area contributed by atoms with Crippen LogP contribution in [-0.2, 0) is 11.3 Å². The van der Waals surface area contributed by atoms with Crippen molar-refractivity contribution in [2.45, 2.75) is 33.2 Å². The molecule has 0 radical (unpaired) electrons. The molecule has 1 aromatic rings. The second-order valence-electron chi connectivity index (χ2n) is 5.12. The summed E-state index contributed by atoms with van der Waals surface area (Å²) in [4.78, 5) is 0. The van der Waals surface area contributed by atoms with Gasteiger partial charge in [-0.2, -0.15) is 0 Å². The third-order valence-corrected chi connectivity index (χ3v) is 3.59. The first kappa shape index (κ1) is 12.6. The highest BCUT2D eigenvalue weighted by atomic mass is 16.5. The van der Waals surface area contributed by atoms with E-state index >= 15 is 0 Å². The summed E-state index contributed by atoms with van der Waals surface area (Å²) in [6.45, 7) is 8.33. The lowest BCUT2D eigenvalue weighted by atomic mass is 10.00. The molecule has 1 aliphatic rings. The molecule has 1 aliphatic heterocycles. The molecule has 0 aliphatic carbocycles. The minimum absolute atomic E-state index is 0.800. The van der Waals surface area contributed by atoms with E-state index < -0.39 is 0 Å². The van der Waals surface area contributed by atoms with Gasteiger partial charge in [0.2, 0.25) is 0 Å². The van der Waals surface area contributed by atoms with Gasteiger partial charge in [-0.15, -0.1) is 0 Å². The maximum absolute atomic E-state index is 5.37. The van der Waals surface area contributed by atoms with Crippen LogP contribution >= 0.6 is 0 Å². The first-order chi connectivity index (χ1) is 8.25. The van der Waals surface area contributed by atoms with Gasteiger partial charge < -0.3 is 10.1 Å². The van der Waals surface area contributed by atoms with Crippen LogP contribution in [0, 0.1) is 19.8 Å².